The number of aromatic nitrogens is 4. The molecule has 29 heavy (non-hydrogen) atoms. The second-order valence-electron chi connectivity index (χ2n) is 6.91. The molecule has 0 aliphatic carbocycles. The van der Waals surface area contributed by atoms with E-state index in [1.54, 1.807) is 4.90 Å². The number of benzene rings is 1. The normalized spacial score (nSPS) is 17.3. The zero-order valence-electron chi connectivity index (χ0n) is 15.4. The highest BCUT2D eigenvalue weighted by molar-refractivity contribution is 5.86. The van der Waals surface area contributed by atoms with Crippen LogP contribution in [0.15, 0.2) is 42.5 Å². The van der Waals surface area contributed by atoms with Crippen molar-refractivity contribution in [3.63, 3.8) is 0 Å². The fraction of sp³-hybridized carbons (Fsp3) is 0.368. The van der Waals surface area contributed by atoms with Crippen molar-refractivity contribution in [2.24, 2.45) is 0 Å². The molecule has 1 amide bonds. The van der Waals surface area contributed by atoms with E-state index in [1.165, 1.54) is 17.7 Å². The number of nitrogens with one attached hydrogen (secondary N) is 1. The van der Waals surface area contributed by atoms with Gasteiger partial charge in [0.1, 0.15) is 11.9 Å². The van der Waals surface area contributed by atoms with Crippen molar-refractivity contribution in [3.05, 3.63) is 53.9 Å². The van der Waals surface area contributed by atoms with Crippen LogP contribution in [0.4, 0.5) is 19.0 Å². The first-order valence-electron chi connectivity index (χ1n) is 9.31. The van der Waals surface area contributed by atoms with Gasteiger partial charge in [-0.15, -0.1) is 15.3 Å². The van der Waals surface area contributed by atoms with Gasteiger partial charge in [-0.25, -0.2) is 0 Å². The number of hydrogen-bond acceptors (Lipinski definition) is 5. The lowest BCUT2D eigenvalue weighted by Gasteiger charge is -2.17. The summed E-state index contributed by atoms with van der Waals surface area (Å²) >= 11 is 0. The van der Waals surface area contributed by atoms with E-state index < -0.39 is 18.0 Å². The molecular weight excluding hydrogens is 385 g/mol. The van der Waals surface area contributed by atoms with Crippen LogP contribution >= 0.6 is 0 Å². The maximum Gasteiger partial charge on any atom is 0.453 e. The van der Waals surface area contributed by atoms with E-state index >= 15 is 0 Å². The smallest absolute Gasteiger partial charge is 0.357 e. The van der Waals surface area contributed by atoms with Crippen LogP contribution in [0.2, 0.25) is 0 Å². The van der Waals surface area contributed by atoms with E-state index in [0.29, 0.717) is 24.0 Å². The summed E-state index contributed by atoms with van der Waals surface area (Å²) in [5.74, 6) is -1.09. The Morgan fingerprint density at radius 1 is 1.10 bits per heavy atom. The molecule has 1 saturated heterocycles. The number of rotatable bonds is 6. The second-order valence-corrected chi connectivity index (χ2v) is 6.91. The van der Waals surface area contributed by atoms with Gasteiger partial charge in [0, 0.05) is 13.1 Å². The molecule has 1 atom stereocenters. The SMILES string of the molecule is O=C1C(Nc2ccc3nnc(C(F)(F)F)n3n2)CCN1CCCc1ccccc1. The molecule has 2 aromatic heterocycles. The van der Waals surface area contributed by atoms with E-state index in [-0.39, 0.29) is 17.4 Å². The Balaban J connectivity index is 1.38. The summed E-state index contributed by atoms with van der Waals surface area (Å²) in [5.41, 5.74) is 1.21. The minimum atomic E-state index is -4.66. The summed E-state index contributed by atoms with van der Waals surface area (Å²) in [7, 11) is 0. The summed E-state index contributed by atoms with van der Waals surface area (Å²) in [4.78, 5) is 14.4. The summed E-state index contributed by atoms with van der Waals surface area (Å²) in [6.07, 6.45) is -2.36. The summed E-state index contributed by atoms with van der Waals surface area (Å²) < 4.78 is 39.6. The molecule has 1 aliphatic rings. The molecule has 1 unspecified atom stereocenters. The number of fused-ring (bicyclic) bond motifs is 1. The molecule has 3 heterocycles. The van der Waals surface area contributed by atoms with E-state index in [0.717, 1.165) is 12.8 Å². The molecule has 1 aliphatic heterocycles. The van der Waals surface area contributed by atoms with E-state index in [4.69, 9.17) is 0 Å². The second kappa shape index (κ2) is 7.69. The van der Waals surface area contributed by atoms with Crippen LogP contribution in [0.3, 0.4) is 0 Å². The maximum absolute atomic E-state index is 13.0. The summed E-state index contributed by atoms with van der Waals surface area (Å²) in [5, 5.41) is 13.5. The highest BCUT2D eigenvalue weighted by Gasteiger charge is 2.38. The number of aryl methyl sites for hydroxylation is 1. The lowest BCUT2D eigenvalue weighted by molar-refractivity contribution is -0.146. The van der Waals surface area contributed by atoms with Gasteiger partial charge in [-0.1, -0.05) is 30.3 Å². The van der Waals surface area contributed by atoms with Gasteiger partial charge in [-0.05, 0) is 37.0 Å². The summed E-state index contributed by atoms with van der Waals surface area (Å²) in [6.45, 7) is 1.25. The van der Waals surface area contributed by atoms with Crippen LogP contribution in [-0.4, -0.2) is 49.7 Å². The largest absolute Gasteiger partial charge is 0.453 e. The fourth-order valence-corrected chi connectivity index (χ4v) is 3.43. The third-order valence-electron chi connectivity index (χ3n) is 4.87. The van der Waals surface area contributed by atoms with Gasteiger partial charge < -0.3 is 10.2 Å². The molecule has 0 spiro atoms. The Labute approximate surface area is 164 Å². The topological polar surface area (TPSA) is 75.4 Å². The van der Waals surface area contributed by atoms with Crippen molar-refractivity contribution in [1.82, 2.24) is 24.7 Å². The fourth-order valence-electron chi connectivity index (χ4n) is 3.43. The third kappa shape index (κ3) is 4.15. The van der Waals surface area contributed by atoms with Crippen LogP contribution in [0.5, 0.6) is 0 Å². The molecule has 10 heteroatoms. The monoisotopic (exact) mass is 404 g/mol. The average Bonchev–Trinajstić information content (AvgIpc) is 3.27. The molecule has 0 radical (unpaired) electrons. The van der Waals surface area contributed by atoms with Crippen molar-refractivity contribution in [2.45, 2.75) is 31.5 Å². The quantitative estimate of drug-likeness (QED) is 0.684. The number of hydrogen-bond donors (Lipinski definition) is 1. The zero-order valence-corrected chi connectivity index (χ0v) is 15.4. The van der Waals surface area contributed by atoms with Gasteiger partial charge in [0.15, 0.2) is 5.65 Å². The third-order valence-corrected chi connectivity index (χ3v) is 4.87. The van der Waals surface area contributed by atoms with Crippen molar-refractivity contribution in [1.29, 1.82) is 0 Å². The molecule has 4 rings (SSSR count). The number of carbonyl (C=O) groups is 1. The molecule has 0 bridgehead atoms. The van der Waals surface area contributed by atoms with Crippen LogP contribution < -0.4 is 5.32 Å². The first-order valence-corrected chi connectivity index (χ1v) is 9.31. The number of nitrogens with zero attached hydrogens (tertiary/aromatic N) is 5. The predicted octanol–water partition coefficient (Wildman–Crippen LogP) is 2.79. The van der Waals surface area contributed by atoms with E-state index in [2.05, 4.69) is 32.7 Å². The van der Waals surface area contributed by atoms with Crippen LogP contribution in [0.25, 0.3) is 5.65 Å². The predicted molar refractivity (Wildman–Crippen MR) is 99.2 cm³/mol. The number of anilines is 1. The standard InChI is InChI=1S/C19H19F3N6O/c20-19(21,22)18-25-24-16-9-8-15(26-28(16)18)23-14-10-12-27(17(14)29)11-4-7-13-5-2-1-3-6-13/h1-3,5-6,8-9,14H,4,7,10-12H2,(H,23,26). The first kappa shape index (κ1) is 19.2. The molecular formula is C19H19F3N6O. The Kier molecular flexibility index (Phi) is 5.08. The number of amides is 1. The van der Waals surface area contributed by atoms with Gasteiger partial charge in [-0.3, -0.25) is 4.79 Å². The highest BCUT2D eigenvalue weighted by Crippen LogP contribution is 2.27. The Morgan fingerprint density at radius 2 is 1.90 bits per heavy atom. The molecule has 1 N–H and O–H groups in total. The van der Waals surface area contributed by atoms with Crippen LogP contribution in [0.1, 0.15) is 24.2 Å². The van der Waals surface area contributed by atoms with Gasteiger partial charge in [0.05, 0.1) is 0 Å². The van der Waals surface area contributed by atoms with Gasteiger partial charge >= 0.3 is 6.18 Å². The molecule has 3 aromatic rings. The molecule has 0 saturated carbocycles. The molecule has 1 aromatic carbocycles. The molecule has 152 valence electrons. The van der Waals surface area contributed by atoms with Crippen molar-refractivity contribution < 1.29 is 18.0 Å². The van der Waals surface area contributed by atoms with Crippen LogP contribution in [0, 0.1) is 0 Å². The average molecular weight is 404 g/mol. The van der Waals surface area contributed by atoms with E-state index in [9.17, 15) is 18.0 Å². The Morgan fingerprint density at radius 3 is 2.66 bits per heavy atom. The van der Waals surface area contributed by atoms with Gasteiger partial charge in [0.2, 0.25) is 5.91 Å². The number of halogens is 3. The number of alkyl halides is 3. The highest BCUT2D eigenvalue weighted by atomic mass is 19.4. The lowest BCUT2D eigenvalue weighted by Crippen LogP contribution is -2.34. The Bertz CT molecular complexity index is 1000. The van der Waals surface area contributed by atoms with E-state index in [1.807, 2.05) is 18.2 Å². The molecule has 7 nitrogen and oxygen atoms in total. The summed E-state index contributed by atoms with van der Waals surface area (Å²) in [6, 6.07) is 12.4. The zero-order chi connectivity index (χ0) is 20.4. The lowest BCUT2D eigenvalue weighted by atomic mass is 10.1. The minimum Gasteiger partial charge on any atom is -0.357 e. The Hall–Kier alpha value is -3.17. The van der Waals surface area contributed by atoms with Crippen LogP contribution in [-0.2, 0) is 17.4 Å². The number of carbonyl (C=O) groups excluding carboxylic acids is 1. The number of likely N-dealkylation sites (tertiary alicyclic amines) is 1. The minimum absolute atomic E-state index is 0.0110. The van der Waals surface area contributed by atoms with Crippen molar-refractivity contribution in [3.8, 4) is 0 Å². The first-order chi connectivity index (χ1) is 13.9. The van der Waals surface area contributed by atoms with Gasteiger partial charge in [0.25, 0.3) is 5.82 Å². The maximum atomic E-state index is 13.0. The van der Waals surface area contributed by atoms with Gasteiger partial charge in [-0.2, -0.15) is 17.7 Å². The van der Waals surface area contributed by atoms with Crippen molar-refractivity contribution in [2.75, 3.05) is 18.4 Å². The molecule has 1 fully saturated rings. The van der Waals surface area contributed by atoms with Crippen molar-refractivity contribution >= 4 is 17.4 Å².